The maximum absolute atomic E-state index is 12.7. The highest BCUT2D eigenvalue weighted by atomic mass is 19.4. The average Bonchev–Trinajstić information content (AvgIpc) is 3.53. The van der Waals surface area contributed by atoms with Crippen LogP contribution >= 0.6 is 0 Å². The number of carboxylic acid groups (broad SMARTS) is 1. The van der Waals surface area contributed by atoms with Gasteiger partial charge in [-0.1, -0.05) is 6.07 Å². The van der Waals surface area contributed by atoms with Crippen LogP contribution in [0.1, 0.15) is 40.6 Å². The number of anilines is 1. The number of aliphatic carboxylic acids is 1. The summed E-state index contributed by atoms with van der Waals surface area (Å²) >= 11 is 0. The molecule has 184 valence electrons. The zero-order valence-electron chi connectivity index (χ0n) is 18.9. The van der Waals surface area contributed by atoms with E-state index in [0.717, 1.165) is 40.5 Å². The van der Waals surface area contributed by atoms with Crippen molar-refractivity contribution >= 4 is 39.5 Å². The van der Waals surface area contributed by atoms with Gasteiger partial charge in [0.2, 0.25) is 0 Å². The number of rotatable bonds is 3. The van der Waals surface area contributed by atoms with Crippen molar-refractivity contribution in [1.29, 1.82) is 0 Å². The smallest absolute Gasteiger partial charge is 0.475 e. The van der Waals surface area contributed by atoms with Gasteiger partial charge >= 0.3 is 12.1 Å². The summed E-state index contributed by atoms with van der Waals surface area (Å²) in [5, 5.41) is 20.0. The van der Waals surface area contributed by atoms with E-state index in [-0.39, 0.29) is 5.91 Å². The minimum Gasteiger partial charge on any atom is -0.475 e. The number of pyridine rings is 1. The number of aromatic nitrogens is 4. The molecule has 0 aliphatic carbocycles. The van der Waals surface area contributed by atoms with Crippen LogP contribution in [0.5, 0.6) is 0 Å². The van der Waals surface area contributed by atoms with Gasteiger partial charge in [-0.25, -0.2) is 9.78 Å². The quantitative estimate of drug-likeness (QED) is 0.345. The zero-order valence-corrected chi connectivity index (χ0v) is 18.9. The van der Waals surface area contributed by atoms with E-state index in [1.165, 1.54) is 12.1 Å². The number of nitrogens with one attached hydrogen (secondary N) is 3. The Hall–Kier alpha value is -3.93. The normalized spacial score (nSPS) is 15.7. The molecule has 0 bridgehead atoms. The fourth-order valence-corrected chi connectivity index (χ4v) is 4.02. The second-order valence-corrected chi connectivity index (χ2v) is 8.23. The molecule has 0 saturated carbocycles. The molecule has 1 aliphatic rings. The molecule has 12 heteroatoms. The van der Waals surface area contributed by atoms with Gasteiger partial charge < -0.3 is 20.7 Å². The van der Waals surface area contributed by atoms with E-state index < -0.39 is 12.1 Å². The molecule has 4 aromatic rings. The fraction of sp³-hybridized carbons (Fsp3) is 0.304. The van der Waals surface area contributed by atoms with Crippen LogP contribution in [0.2, 0.25) is 0 Å². The molecule has 1 aliphatic heterocycles. The molecule has 1 atom stereocenters. The monoisotopic (exact) mass is 488 g/mol. The maximum atomic E-state index is 12.7. The third kappa shape index (κ3) is 5.27. The van der Waals surface area contributed by atoms with Crippen LogP contribution in [-0.2, 0) is 11.8 Å². The molecule has 3 aromatic heterocycles. The molecule has 35 heavy (non-hydrogen) atoms. The number of carbonyl (C=O) groups is 2. The number of alkyl halides is 3. The largest absolute Gasteiger partial charge is 0.490 e. The molecule has 0 spiro atoms. The number of nitrogens with zero attached hydrogens (tertiary/aromatic N) is 3. The summed E-state index contributed by atoms with van der Waals surface area (Å²) in [6.45, 7) is 3.02. The molecular weight excluding hydrogens is 465 g/mol. The summed E-state index contributed by atoms with van der Waals surface area (Å²) in [5.41, 5.74) is 4.63. The first-order valence-corrected chi connectivity index (χ1v) is 10.8. The van der Waals surface area contributed by atoms with Gasteiger partial charge in [0, 0.05) is 47.4 Å². The van der Waals surface area contributed by atoms with Crippen molar-refractivity contribution < 1.29 is 27.9 Å². The lowest BCUT2D eigenvalue weighted by Gasteiger charge is -2.06. The summed E-state index contributed by atoms with van der Waals surface area (Å²) in [7, 11) is 1.88. The number of halogens is 3. The molecule has 1 saturated heterocycles. The number of fused-ring (bicyclic) bond motifs is 2. The molecule has 1 aromatic carbocycles. The standard InChI is InChI=1S/C21H22N6O.C2HF3O2/c1-12-15-6-5-13(9-19(15)27(2)26-12)21(28)25-20-10-17-14(11-23-20)8-18(24-17)16-4-3-7-22-16;3-2(4,5)1(6)7/h5-6,8-11,16,22,24H,3-4,7H2,1-2H3,(H,23,25,28);(H,6,7). The number of benzene rings is 1. The fourth-order valence-electron chi connectivity index (χ4n) is 4.02. The molecule has 1 unspecified atom stereocenters. The Balaban J connectivity index is 0.000000364. The van der Waals surface area contributed by atoms with E-state index in [1.807, 2.05) is 38.2 Å². The van der Waals surface area contributed by atoms with Gasteiger partial charge in [-0.05, 0) is 44.5 Å². The summed E-state index contributed by atoms with van der Waals surface area (Å²) in [5.74, 6) is -2.41. The van der Waals surface area contributed by atoms with Crippen molar-refractivity contribution in [2.45, 2.75) is 32.0 Å². The SMILES string of the molecule is Cc1nn(C)c2cc(C(=O)Nc3cc4[nH]c(C5CCCN5)cc4cn3)ccc12.O=C(O)C(F)(F)F. The molecular formula is C23H23F3N6O3. The zero-order chi connectivity index (χ0) is 25.3. The third-order valence-corrected chi connectivity index (χ3v) is 5.74. The molecule has 4 heterocycles. The van der Waals surface area contributed by atoms with Crippen molar-refractivity contribution in [3.8, 4) is 0 Å². The van der Waals surface area contributed by atoms with Crippen LogP contribution in [0.25, 0.3) is 21.8 Å². The molecule has 0 radical (unpaired) electrons. The first-order valence-electron chi connectivity index (χ1n) is 10.8. The minimum atomic E-state index is -5.08. The lowest BCUT2D eigenvalue weighted by atomic mass is 10.1. The molecule has 1 fully saturated rings. The van der Waals surface area contributed by atoms with E-state index in [2.05, 4.69) is 31.8 Å². The Morgan fingerprint density at radius 2 is 1.97 bits per heavy atom. The highest BCUT2D eigenvalue weighted by molar-refractivity contribution is 6.06. The third-order valence-electron chi connectivity index (χ3n) is 5.74. The Labute approximate surface area is 197 Å². The topological polar surface area (TPSA) is 125 Å². The van der Waals surface area contributed by atoms with E-state index >= 15 is 0 Å². The molecule has 1 amide bonds. The average molecular weight is 488 g/mol. The van der Waals surface area contributed by atoms with Gasteiger partial charge in [-0.2, -0.15) is 18.3 Å². The Kier molecular flexibility index (Phi) is 6.48. The maximum Gasteiger partial charge on any atom is 0.490 e. The summed E-state index contributed by atoms with van der Waals surface area (Å²) < 4.78 is 33.5. The van der Waals surface area contributed by atoms with Crippen LogP contribution in [-0.4, -0.2) is 49.5 Å². The number of H-pyrrole nitrogens is 1. The predicted octanol–water partition coefficient (Wildman–Crippen LogP) is 4.07. The number of amides is 1. The summed E-state index contributed by atoms with van der Waals surface area (Å²) in [6, 6.07) is 10.0. The second kappa shape index (κ2) is 9.37. The Morgan fingerprint density at radius 1 is 1.23 bits per heavy atom. The van der Waals surface area contributed by atoms with Gasteiger partial charge in [0.15, 0.2) is 0 Å². The lowest BCUT2D eigenvalue weighted by molar-refractivity contribution is -0.192. The van der Waals surface area contributed by atoms with Gasteiger partial charge in [-0.15, -0.1) is 0 Å². The van der Waals surface area contributed by atoms with Gasteiger partial charge in [0.05, 0.1) is 16.7 Å². The Morgan fingerprint density at radius 3 is 2.63 bits per heavy atom. The van der Waals surface area contributed by atoms with E-state index in [0.29, 0.717) is 17.4 Å². The number of aromatic amines is 1. The number of hydrogen-bond donors (Lipinski definition) is 4. The highest BCUT2D eigenvalue weighted by Gasteiger charge is 2.38. The van der Waals surface area contributed by atoms with Crippen molar-refractivity contribution in [1.82, 2.24) is 25.1 Å². The first-order chi connectivity index (χ1) is 16.5. The predicted molar refractivity (Wildman–Crippen MR) is 123 cm³/mol. The molecule has 9 nitrogen and oxygen atoms in total. The van der Waals surface area contributed by atoms with E-state index in [9.17, 15) is 18.0 Å². The molecule has 4 N–H and O–H groups in total. The van der Waals surface area contributed by atoms with Crippen LogP contribution in [0, 0.1) is 6.92 Å². The van der Waals surface area contributed by atoms with Crippen molar-refractivity contribution in [3.05, 3.63) is 53.5 Å². The Bertz CT molecular complexity index is 1400. The van der Waals surface area contributed by atoms with Crippen molar-refractivity contribution in [2.24, 2.45) is 7.05 Å². The molecule has 5 rings (SSSR count). The van der Waals surface area contributed by atoms with Crippen molar-refractivity contribution in [3.63, 3.8) is 0 Å². The van der Waals surface area contributed by atoms with Crippen LogP contribution in [0.3, 0.4) is 0 Å². The number of hydrogen-bond acceptors (Lipinski definition) is 5. The first kappa shape index (κ1) is 24.2. The van der Waals surface area contributed by atoms with E-state index in [1.54, 1.807) is 10.9 Å². The second-order valence-electron chi connectivity index (χ2n) is 8.23. The van der Waals surface area contributed by atoms with Crippen LogP contribution in [0.4, 0.5) is 19.0 Å². The minimum absolute atomic E-state index is 0.183. The number of carbonyl (C=O) groups excluding carboxylic acids is 1. The lowest BCUT2D eigenvalue weighted by Crippen LogP contribution is -2.21. The van der Waals surface area contributed by atoms with Crippen LogP contribution < -0.4 is 10.6 Å². The van der Waals surface area contributed by atoms with E-state index in [4.69, 9.17) is 9.90 Å². The highest BCUT2D eigenvalue weighted by Crippen LogP contribution is 2.27. The summed E-state index contributed by atoms with van der Waals surface area (Å²) in [4.78, 5) is 29.5. The van der Waals surface area contributed by atoms with Crippen LogP contribution in [0.15, 0.2) is 36.5 Å². The number of carboxylic acids is 1. The van der Waals surface area contributed by atoms with Gasteiger partial charge in [0.1, 0.15) is 5.82 Å². The van der Waals surface area contributed by atoms with Gasteiger partial charge in [0.25, 0.3) is 5.91 Å². The van der Waals surface area contributed by atoms with Crippen molar-refractivity contribution in [2.75, 3.05) is 11.9 Å². The summed E-state index contributed by atoms with van der Waals surface area (Å²) in [6.07, 6.45) is -0.951. The number of aryl methyl sites for hydroxylation is 2. The van der Waals surface area contributed by atoms with Gasteiger partial charge in [-0.3, -0.25) is 9.48 Å².